The average molecular weight is 234 g/mol. The quantitative estimate of drug-likeness (QED) is 0.801. The Morgan fingerprint density at radius 1 is 1.41 bits per heavy atom. The fourth-order valence-electron chi connectivity index (χ4n) is 1.93. The summed E-state index contributed by atoms with van der Waals surface area (Å²) in [6, 6.07) is 5.97. The summed E-state index contributed by atoms with van der Waals surface area (Å²) in [5.41, 5.74) is 2.74. The Morgan fingerprint density at radius 2 is 2.24 bits per heavy atom. The standard InChI is InChI=1S/C13H18N2O2/c1-3-14-8-4-5-10-6-7-11-12(9-10)17-13(16)15(11)2/h6-7,9,14H,3-5,8H2,1-2H3. The molecule has 0 radical (unpaired) electrons. The van der Waals surface area contributed by atoms with E-state index in [1.54, 1.807) is 7.05 Å². The summed E-state index contributed by atoms with van der Waals surface area (Å²) in [5.74, 6) is -0.301. The fourth-order valence-corrected chi connectivity index (χ4v) is 1.93. The predicted molar refractivity (Wildman–Crippen MR) is 68.3 cm³/mol. The van der Waals surface area contributed by atoms with E-state index in [4.69, 9.17) is 4.42 Å². The van der Waals surface area contributed by atoms with Crippen LogP contribution in [0.25, 0.3) is 11.1 Å². The number of rotatable bonds is 5. The minimum atomic E-state index is -0.301. The van der Waals surface area contributed by atoms with E-state index in [1.807, 2.05) is 12.1 Å². The summed E-state index contributed by atoms with van der Waals surface area (Å²) in [4.78, 5) is 11.3. The maximum atomic E-state index is 11.3. The highest BCUT2D eigenvalue weighted by atomic mass is 16.4. The smallest absolute Gasteiger partial charge is 0.408 e. The zero-order valence-electron chi connectivity index (χ0n) is 10.3. The van der Waals surface area contributed by atoms with Crippen LogP contribution < -0.4 is 11.1 Å². The summed E-state index contributed by atoms with van der Waals surface area (Å²) >= 11 is 0. The van der Waals surface area contributed by atoms with Crippen LogP contribution in [0.4, 0.5) is 0 Å². The monoisotopic (exact) mass is 234 g/mol. The molecule has 17 heavy (non-hydrogen) atoms. The van der Waals surface area contributed by atoms with Gasteiger partial charge in [0.15, 0.2) is 5.58 Å². The van der Waals surface area contributed by atoms with Crippen molar-refractivity contribution >= 4 is 11.1 Å². The van der Waals surface area contributed by atoms with Crippen molar-refractivity contribution in [2.45, 2.75) is 19.8 Å². The summed E-state index contributed by atoms with van der Waals surface area (Å²) in [5, 5.41) is 3.29. The van der Waals surface area contributed by atoms with Gasteiger partial charge in [-0.1, -0.05) is 13.0 Å². The number of hydrogen-bond acceptors (Lipinski definition) is 3. The fraction of sp³-hybridized carbons (Fsp3) is 0.462. The van der Waals surface area contributed by atoms with Crippen LogP contribution in [0.3, 0.4) is 0 Å². The van der Waals surface area contributed by atoms with Crippen LogP contribution in [-0.4, -0.2) is 17.7 Å². The van der Waals surface area contributed by atoms with Crippen LogP contribution in [0.1, 0.15) is 18.9 Å². The van der Waals surface area contributed by atoms with Gasteiger partial charge in [0.2, 0.25) is 0 Å². The SMILES string of the molecule is CCNCCCc1ccc2c(c1)oc(=O)n2C. The van der Waals surface area contributed by atoms with E-state index in [1.165, 1.54) is 10.1 Å². The van der Waals surface area contributed by atoms with Crippen molar-refractivity contribution in [3.05, 3.63) is 34.3 Å². The molecule has 0 saturated heterocycles. The van der Waals surface area contributed by atoms with E-state index in [-0.39, 0.29) is 5.76 Å². The van der Waals surface area contributed by atoms with Crippen molar-refractivity contribution in [2.75, 3.05) is 13.1 Å². The van der Waals surface area contributed by atoms with Crippen molar-refractivity contribution in [1.82, 2.24) is 9.88 Å². The molecule has 0 aliphatic rings. The number of oxazole rings is 1. The van der Waals surface area contributed by atoms with Gasteiger partial charge in [0.05, 0.1) is 5.52 Å². The predicted octanol–water partition coefficient (Wildman–Crippen LogP) is 1.67. The van der Waals surface area contributed by atoms with E-state index in [2.05, 4.69) is 18.3 Å². The van der Waals surface area contributed by atoms with Crippen LogP contribution in [0.2, 0.25) is 0 Å². The third-order valence-electron chi connectivity index (χ3n) is 2.93. The Kier molecular flexibility index (Phi) is 3.64. The van der Waals surface area contributed by atoms with Gasteiger partial charge in [0.1, 0.15) is 0 Å². The first-order valence-corrected chi connectivity index (χ1v) is 6.01. The molecule has 0 aliphatic heterocycles. The summed E-state index contributed by atoms with van der Waals surface area (Å²) in [7, 11) is 1.72. The molecule has 4 nitrogen and oxygen atoms in total. The minimum Gasteiger partial charge on any atom is -0.408 e. The van der Waals surface area contributed by atoms with Crippen LogP contribution >= 0.6 is 0 Å². The molecule has 2 rings (SSSR count). The number of fused-ring (bicyclic) bond motifs is 1. The molecule has 0 bridgehead atoms. The lowest BCUT2D eigenvalue weighted by Crippen LogP contribution is -2.14. The summed E-state index contributed by atoms with van der Waals surface area (Å²) < 4.78 is 6.68. The largest absolute Gasteiger partial charge is 0.419 e. The van der Waals surface area contributed by atoms with Crippen molar-refractivity contribution in [2.24, 2.45) is 7.05 Å². The van der Waals surface area contributed by atoms with E-state index in [0.717, 1.165) is 31.4 Å². The molecule has 0 saturated carbocycles. The Bertz CT molecular complexity index is 554. The number of aryl methyl sites for hydroxylation is 2. The molecular weight excluding hydrogens is 216 g/mol. The highest BCUT2D eigenvalue weighted by Crippen LogP contribution is 2.15. The third-order valence-corrected chi connectivity index (χ3v) is 2.93. The first kappa shape index (κ1) is 11.9. The van der Waals surface area contributed by atoms with Crippen LogP contribution in [0.15, 0.2) is 27.4 Å². The molecule has 1 aromatic carbocycles. The van der Waals surface area contributed by atoms with Crippen LogP contribution in [0.5, 0.6) is 0 Å². The van der Waals surface area contributed by atoms with Gasteiger partial charge in [0.25, 0.3) is 0 Å². The molecule has 0 spiro atoms. The topological polar surface area (TPSA) is 47.2 Å². The van der Waals surface area contributed by atoms with Crippen molar-refractivity contribution < 1.29 is 4.42 Å². The normalized spacial score (nSPS) is 11.2. The van der Waals surface area contributed by atoms with Gasteiger partial charge < -0.3 is 9.73 Å². The van der Waals surface area contributed by atoms with Gasteiger partial charge in [-0.15, -0.1) is 0 Å². The zero-order valence-corrected chi connectivity index (χ0v) is 10.3. The molecule has 0 atom stereocenters. The molecule has 92 valence electrons. The molecule has 1 heterocycles. The molecule has 0 unspecified atom stereocenters. The lowest BCUT2D eigenvalue weighted by molar-refractivity contribution is 0.527. The lowest BCUT2D eigenvalue weighted by Gasteiger charge is -2.02. The van der Waals surface area contributed by atoms with Gasteiger partial charge in [-0.25, -0.2) is 4.79 Å². The number of hydrogen-bond donors (Lipinski definition) is 1. The van der Waals surface area contributed by atoms with Gasteiger partial charge in [-0.3, -0.25) is 4.57 Å². The average Bonchev–Trinajstić information content (AvgIpc) is 2.61. The zero-order chi connectivity index (χ0) is 12.3. The summed E-state index contributed by atoms with van der Waals surface area (Å²) in [6.45, 7) is 4.13. The van der Waals surface area contributed by atoms with Crippen LogP contribution in [-0.2, 0) is 13.5 Å². The van der Waals surface area contributed by atoms with Gasteiger partial charge in [-0.2, -0.15) is 0 Å². The second kappa shape index (κ2) is 5.19. The Morgan fingerprint density at radius 3 is 3.00 bits per heavy atom. The van der Waals surface area contributed by atoms with E-state index < -0.39 is 0 Å². The Labute approximate surface area is 100 Å². The minimum absolute atomic E-state index is 0.301. The molecule has 4 heteroatoms. The van der Waals surface area contributed by atoms with Crippen molar-refractivity contribution in [1.29, 1.82) is 0 Å². The van der Waals surface area contributed by atoms with Gasteiger partial charge >= 0.3 is 5.76 Å². The van der Waals surface area contributed by atoms with Gasteiger partial charge in [-0.05, 0) is 43.6 Å². The highest BCUT2D eigenvalue weighted by Gasteiger charge is 2.05. The molecule has 0 fully saturated rings. The van der Waals surface area contributed by atoms with E-state index in [9.17, 15) is 4.79 Å². The molecule has 1 N–H and O–H groups in total. The maximum absolute atomic E-state index is 11.3. The Hall–Kier alpha value is -1.55. The maximum Gasteiger partial charge on any atom is 0.419 e. The summed E-state index contributed by atoms with van der Waals surface area (Å²) in [6.07, 6.45) is 2.10. The molecule has 0 aliphatic carbocycles. The lowest BCUT2D eigenvalue weighted by atomic mass is 10.1. The van der Waals surface area contributed by atoms with Crippen LogP contribution in [0, 0.1) is 0 Å². The number of nitrogens with zero attached hydrogens (tertiary/aromatic N) is 1. The molecule has 0 amide bonds. The second-order valence-corrected chi connectivity index (χ2v) is 4.19. The molecular formula is C13H18N2O2. The molecule has 2 aromatic rings. The first-order valence-electron chi connectivity index (χ1n) is 6.01. The third kappa shape index (κ3) is 2.58. The molecule has 1 aromatic heterocycles. The van der Waals surface area contributed by atoms with Crippen molar-refractivity contribution in [3.63, 3.8) is 0 Å². The highest BCUT2D eigenvalue weighted by molar-refractivity contribution is 5.73. The van der Waals surface area contributed by atoms with Crippen molar-refractivity contribution in [3.8, 4) is 0 Å². The number of aromatic nitrogens is 1. The van der Waals surface area contributed by atoms with E-state index >= 15 is 0 Å². The van der Waals surface area contributed by atoms with Gasteiger partial charge in [0, 0.05) is 7.05 Å². The number of nitrogens with one attached hydrogen (secondary N) is 1. The Balaban J connectivity index is 2.12. The van der Waals surface area contributed by atoms with E-state index in [0.29, 0.717) is 5.58 Å². The second-order valence-electron chi connectivity index (χ2n) is 4.19. The number of benzene rings is 1. The first-order chi connectivity index (χ1) is 8.22.